The number of nitrogen functional groups attached to an aromatic ring is 1. The highest BCUT2D eigenvalue weighted by Crippen LogP contribution is 2.27. The van der Waals surface area contributed by atoms with Gasteiger partial charge in [-0.2, -0.15) is 10.1 Å². The number of H-pyrrole nitrogens is 1. The van der Waals surface area contributed by atoms with Crippen molar-refractivity contribution in [2.75, 3.05) is 5.73 Å². The molecule has 2 aromatic rings. The predicted molar refractivity (Wildman–Crippen MR) is 43.9 cm³/mol. The molecule has 10 heavy (non-hydrogen) atoms. The molecule has 0 atom stereocenters. The molecule has 0 saturated heterocycles. The van der Waals surface area contributed by atoms with E-state index in [0.717, 1.165) is 9.30 Å². The summed E-state index contributed by atoms with van der Waals surface area (Å²) in [6.07, 6.45) is 0. The van der Waals surface area contributed by atoms with Crippen LogP contribution in [0.1, 0.15) is 0 Å². The van der Waals surface area contributed by atoms with Gasteiger partial charge in [-0.25, -0.2) is 0 Å². The molecule has 3 N–H and O–H groups in total. The van der Waals surface area contributed by atoms with Crippen molar-refractivity contribution in [1.82, 2.24) is 15.2 Å². The van der Waals surface area contributed by atoms with E-state index in [1.54, 1.807) is 0 Å². The van der Waals surface area contributed by atoms with Crippen molar-refractivity contribution in [3.63, 3.8) is 0 Å². The molecule has 2 heterocycles. The fourth-order valence-corrected chi connectivity index (χ4v) is 1.87. The van der Waals surface area contributed by atoms with E-state index < -0.39 is 0 Å². The Morgan fingerprint density at radius 3 is 3.10 bits per heavy atom. The summed E-state index contributed by atoms with van der Waals surface area (Å²) < 4.78 is 1.81. The summed E-state index contributed by atoms with van der Waals surface area (Å²) in [7, 11) is 0. The predicted octanol–water partition coefficient (Wildman–Crippen LogP) is 1.36. The third-order valence-electron chi connectivity index (χ3n) is 1.09. The number of aromatic amines is 1. The first-order valence-corrected chi connectivity index (χ1v) is 4.14. The minimum Gasteiger partial charge on any atom is -0.375 e. The van der Waals surface area contributed by atoms with Crippen molar-refractivity contribution in [2.45, 2.75) is 0 Å². The average Bonchev–Trinajstić information content (AvgIpc) is 2.35. The Morgan fingerprint density at radius 1 is 1.60 bits per heavy atom. The van der Waals surface area contributed by atoms with Gasteiger partial charge in [0.05, 0.1) is 0 Å². The molecule has 52 valence electrons. The fourth-order valence-electron chi connectivity index (χ4n) is 0.700. The number of halogens is 1. The molecule has 0 unspecified atom stereocenters. The van der Waals surface area contributed by atoms with E-state index in [1.807, 2.05) is 0 Å². The summed E-state index contributed by atoms with van der Waals surface area (Å²) in [5.74, 6) is 0. The lowest BCUT2D eigenvalue weighted by Gasteiger charge is -1.75. The summed E-state index contributed by atoms with van der Waals surface area (Å²) in [5, 5.41) is 7.18. The number of nitrogens with one attached hydrogen (secondary N) is 1. The quantitative estimate of drug-likeness (QED) is 0.702. The molecule has 0 radical (unpaired) electrons. The Bertz CT molecular complexity index is 364. The van der Waals surface area contributed by atoms with Crippen molar-refractivity contribution in [2.24, 2.45) is 0 Å². The summed E-state index contributed by atoms with van der Waals surface area (Å²) in [5.41, 5.74) is 6.11. The van der Waals surface area contributed by atoms with Crippen molar-refractivity contribution in [3.05, 3.63) is 4.60 Å². The summed E-state index contributed by atoms with van der Waals surface area (Å²) in [6, 6.07) is 0. The molecule has 0 aliphatic carbocycles. The van der Waals surface area contributed by atoms with Gasteiger partial charge in [0.25, 0.3) is 0 Å². The highest BCUT2D eigenvalue weighted by molar-refractivity contribution is 9.10. The van der Waals surface area contributed by atoms with E-state index in [1.165, 1.54) is 11.3 Å². The van der Waals surface area contributed by atoms with Crippen LogP contribution < -0.4 is 5.73 Å². The lowest BCUT2D eigenvalue weighted by molar-refractivity contribution is 1.08. The zero-order chi connectivity index (χ0) is 7.14. The van der Waals surface area contributed by atoms with E-state index in [0.29, 0.717) is 10.8 Å². The van der Waals surface area contributed by atoms with E-state index in [2.05, 4.69) is 31.1 Å². The molecule has 6 heteroatoms. The van der Waals surface area contributed by atoms with Crippen LogP contribution in [0.4, 0.5) is 5.13 Å². The average molecular weight is 219 g/mol. The maximum absolute atomic E-state index is 5.44. The minimum atomic E-state index is 0.548. The van der Waals surface area contributed by atoms with E-state index in [4.69, 9.17) is 5.73 Å². The number of hydrogen-bond donors (Lipinski definition) is 2. The summed E-state index contributed by atoms with van der Waals surface area (Å²) >= 11 is 4.69. The molecule has 2 aromatic heterocycles. The normalized spacial score (nSPS) is 10.9. The number of nitrogens with zero attached hydrogens (tertiary/aromatic N) is 2. The number of anilines is 1. The minimum absolute atomic E-state index is 0.548. The molecule has 0 amide bonds. The molecule has 2 rings (SSSR count). The molecular weight excluding hydrogens is 216 g/mol. The standard InChI is InChI=1S/C4H3BrN4S/c5-2-1-3(9-8-2)7-4(6)10-1/h(H3,6,7,8,9). The third kappa shape index (κ3) is 0.723. The summed E-state index contributed by atoms with van der Waals surface area (Å²) in [6.45, 7) is 0. The van der Waals surface area contributed by atoms with Crippen molar-refractivity contribution < 1.29 is 0 Å². The Hall–Kier alpha value is -0.620. The lowest BCUT2D eigenvalue weighted by atomic mass is 10.7. The Morgan fingerprint density at radius 2 is 2.40 bits per heavy atom. The molecular formula is C4H3BrN4S. The molecule has 0 saturated carbocycles. The Labute approximate surface area is 68.6 Å². The second kappa shape index (κ2) is 1.93. The zero-order valence-electron chi connectivity index (χ0n) is 4.76. The largest absolute Gasteiger partial charge is 0.375 e. The van der Waals surface area contributed by atoms with Crippen LogP contribution in [0.3, 0.4) is 0 Å². The first-order valence-electron chi connectivity index (χ1n) is 2.53. The van der Waals surface area contributed by atoms with Gasteiger partial charge < -0.3 is 5.73 Å². The molecule has 0 spiro atoms. The van der Waals surface area contributed by atoms with Gasteiger partial charge in [-0.05, 0) is 15.9 Å². The smallest absolute Gasteiger partial charge is 0.195 e. The first kappa shape index (κ1) is 6.11. The molecule has 0 aromatic carbocycles. The topological polar surface area (TPSA) is 67.6 Å². The lowest BCUT2D eigenvalue weighted by Crippen LogP contribution is -1.80. The molecule has 0 aliphatic rings. The first-order chi connectivity index (χ1) is 4.77. The number of rotatable bonds is 0. The van der Waals surface area contributed by atoms with Crippen LogP contribution >= 0.6 is 27.3 Å². The van der Waals surface area contributed by atoms with Crippen LogP contribution in [-0.4, -0.2) is 15.2 Å². The van der Waals surface area contributed by atoms with Crippen LogP contribution in [0.25, 0.3) is 10.3 Å². The van der Waals surface area contributed by atoms with E-state index in [-0.39, 0.29) is 0 Å². The maximum atomic E-state index is 5.44. The van der Waals surface area contributed by atoms with Gasteiger partial charge in [-0.15, -0.1) is 0 Å². The van der Waals surface area contributed by atoms with E-state index in [9.17, 15) is 0 Å². The van der Waals surface area contributed by atoms with Gasteiger partial charge in [0, 0.05) is 0 Å². The van der Waals surface area contributed by atoms with Crippen LogP contribution in [0.2, 0.25) is 0 Å². The maximum Gasteiger partial charge on any atom is 0.195 e. The van der Waals surface area contributed by atoms with Gasteiger partial charge >= 0.3 is 0 Å². The van der Waals surface area contributed by atoms with Gasteiger partial charge in [0.1, 0.15) is 9.30 Å². The molecule has 0 bridgehead atoms. The van der Waals surface area contributed by atoms with Crippen molar-refractivity contribution in [3.8, 4) is 0 Å². The summed E-state index contributed by atoms with van der Waals surface area (Å²) in [4.78, 5) is 3.96. The van der Waals surface area contributed by atoms with E-state index >= 15 is 0 Å². The zero-order valence-corrected chi connectivity index (χ0v) is 7.16. The van der Waals surface area contributed by atoms with Crippen LogP contribution in [0.5, 0.6) is 0 Å². The number of fused-ring (bicyclic) bond motifs is 1. The third-order valence-corrected chi connectivity index (χ3v) is 2.81. The van der Waals surface area contributed by atoms with Crippen LogP contribution in [-0.2, 0) is 0 Å². The number of aromatic nitrogens is 3. The van der Waals surface area contributed by atoms with Crippen LogP contribution in [0.15, 0.2) is 4.60 Å². The Kier molecular flexibility index (Phi) is 1.18. The van der Waals surface area contributed by atoms with Gasteiger partial charge in [0.2, 0.25) is 0 Å². The van der Waals surface area contributed by atoms with Crippen molar-refractivity contribution >= 4 is 42.7 Å². The monoisotopic (exact) mass is 218 g/mol. The molecule has 0 fully saturated rings. The number of nitrogens with two attached hydrogens (primary N) is 1. The van der Waals surface area contributed by atoms with Gasteiger partial charge in [0.15, 0.2) is 10.8 Å². The highest BCUT2D eigenvalue weighted by Gasteiger charge is 2.06. The fraction of sp³-hybridized carbons (Fsp3) is 0. The second-order valence-electron chi connectivity index (χ2n) is 1.74. The van der Waals surface area contributed by atoms with Crippen molar-refractivity contribution in [1.29, 1.82) is 0 Å². The van der Waals surface area contributed by atoms with Gasteiger partial charge in [-0.3, -0.25) is 5.10 Å². The SMILES string of the molecule is Nc1nc2n[nH]c(Br)c2s1. The van der Waals surface area contributed by atoms with Gasteiger partial charge in [-0.1, -0.05) is 11.3 Å². The molecule has 0 aliphatic heterocycles. The Balaban J connectivity index is 2.90. The number of hydrogen-bond acceptors (Lipinski definition) is 4. The van der Waals surface area contributed by atoms with Crippen LogP contribution in [0, 0.1) is 0 Å². The second-order valence-corrected chi connectivity index (χ2v) is 3.57. The number of thiazole rings is 1. The molecule has 4 nitrogen and oxygen atoms in total. The highest BCUT2D eigenvalue weighted by atomic mass is 79.9.